The van der Waals surface area contributed by atoms with E-state index in [0.717, 1.165) is 6.20 Å². The molecule has 0 fully saturated rings. The maximum atomic E-state index is 13.2. The first kappa shape index (κ1) is 11.4. The van der Waals surface area contributed by atoms with Crippen LogP contribution < -0.4 is 5.73 Å². The molecular weight excluding hydrogens is 213 g/mol. The number of alkyl halides is 2. The lowest BCUT2D eigenvalue weighted by molar-refractivity contribution is 0.0688. The van der Waals surface area contributed by atoms with E-state index in [1.807, 2.05) is 0 Å². The van der Waals surface area contributed by atoms with Gasteiger partial charge in [-0.3, -0.25) is 4.98 Å². The maximum absolute atomic E-state index is 13.2. The van der Waals surface area contributed by atoms with Crippen LogP contribution in [-0.2, 0) is 6.54 Å². The van der Waals surface area contributed by atoms with Crippen molar-refractivity contribution < 1.29 is 23.1 Å². The minimum absolute atomic E-state index is 0.121. The van der Waals surface area contributed by atoms with E-state index < -0.39 is 29.5 Å². The quantitative estimate of drug-likeness (QED) is 0.805. The van der Waals surface area contributed by atoms with Crippen molar-refractivity contribution in [2.45, 2.75) is 13.0 Å². The van der Waals surface area contributed by atoms with Gasteiger partial charge in [-0.05, 0) is 0 Å². The first-order valence-electron chi connectivity index (χ1n) is 3.87. The highest BCUT2D eigenvalue weighted by Gasteiger charge is 2.24. The molecule has 0 spiro atoms. The third-order valence-corrected chi connectivity index (χ3v) is 1.77. The summed E-state index contributed by atoms with van der Waals surface area (Å²) < 4.78 is 37.6. The fraction of sp³-hybridized carbons (Fsp3) is 0.250. The second-order valence-corrected chi connectivity index (χ2v) is 2.67. The van der Waals surface area contributed by atoms with Gasteiger partial charge in [0.15, 0.2) is 5.82 Å². The molecule has 0 unspecified atom stereocenters. The maximum Gasteiger partial charge on any atom is 0.339 e. The summed E-state index contributed by atoms with van der Waals surface area (Å²) in [6.45, 7) is -0.283. The summed E-state index contributed by atoms with van der Waals surface area (Å²) in [7, 11) is 0. The lowest BCUT2D eigenvalue weighted by atomic mass is 10.1. The molecule has 1 rings (SSSR count). The Hall–Kier alpha value is -1.63. The molecule has 0 aliphatic carbocycles. The van der Waals surface area contributed by atoms with Crippen LogP contribution in [0.5, 0.6) is 0 Å². The van der Waals surface area contributed by atoms with Crippen LogP contribution >= 0.6 is 0 Å². The summed E-state index contributed by atoms with van der Waals surface area (Å²) >= 11 is 0. The van der Waals surface area contributed by atoms with Gasteiger partial charge in [0.2, 0.25) is 0 Å². The van der Waals surface area contributed by atoms with Gasteiger partial charge >= 0.3 is 5.97 Å². The lowest BCUT2D eigenvalue weighted by Crippen LogP contribution is -2.13. The molecule has 3 N–H and O–H groups in total. The first-order valence-corrected chi connectivity index (χ1v) is 3.87. The van der Waals surface area contributed by atoms with Crippen LogP contribution in [0.1, 0.15) is 28.0 Å². The van der Waals surface area contributed by atoms with Gasteiger partial charge in [-0.25, -0.2) is 18.0 Å². The van der Waals surface area contributed by atoms with E-state index in [4.69, 9.17) is 10.8 Å². The summed E-state index contributed by atoms with van der Waals surface area (Å²) in [6.07, 6.45) is -2.32. The standard InChI is InChI=1S/C8H7F3N2O2/c9-5-4(8(14)15)3(1-12)2-13-6(5)7(10)11/h2,7H,1,12H2,(H,14,15). The van der Waals surface area contributed by atoms with Gasteiger partial charge < -0.3 is 10.8 Å². The van der Waals surface area contributed by atoms with Crippen LogP contribution in [0.25, 0.3) is 0 Å². The summed E-state index contributed by atoms with van der Waals surface area (Å²) in [5.41, 5.74) is 2.98. The number of pyridine rings is 1. The zero-order chi connectivity index (χ0) is 11.6. The number of carboxylic acids is 1. The van der Waals surface area contributed by atoms with Gasteiger partial charge in [0.05, 0.1) is 0 Å². The third kappa shape index (κ3) is 2.07. The van der Waals surface area contributed by atoms with Crippen LogP contribution in [0.2, 0.25) is 0 Å². The van der Waals surface area contributed by atoms with Crippen molar-refractivity contribution in [3.63, 3.8) is 0 Å². The molecule has 82 valence electrons. The van der Waals surface area contributed by atoms with Crippen LogP contribution in [0, 0.1) is 5.82 Å². The van der Waals surface area contributed by atoms with Crippen LogP contribution in [0.15, 0.2) is 6.20 Å². The van der Waals surface area contributed by atoms with E-state index >= 15 is 0 Å². The van der Waals surface area contributed by atoms with Gasteiger partial charge in [-0.2, -0.15) is 0 Å². The topological polar surface area (TPSA) is 76.2 Å². The number of nitrogens with two attached hydrogens (primary N) is 1. The molecule has 4 nitrogen and oxygen atoms in total. The highest BCUT2D eigenvalue weighted by Crippen LogP contribution is 2.23. The zero-order valence-electron chi connectivity index (χ0n) is 7.38. The Kier molecular flexibility index (Phi) is 3.25. The van der Waals surface area contributed by atoms with E-state index in [2.05, 4.69) is 4.98 Å². The lowest BCUT2D eigenvalue weighted by Gasteiger charge is -2.07. The Morgan fingerprint density at radius 1 is 1.60 bits per heavy atom. The molecule has 0 amide bonds. The Morgan fingerprint density at radius 3 is 2.60 bits per heavy atom. The van der Waals surface area contributed by atoms with Crippen molar-refractivity contribution in [3.8, 4) is 0 Å². The molecular formula is C8H7F3N2O2. The minimum Gasteiger partial charge on any atom is -0.478 e. The van der Waals surface area contributed by atoms with Crippen molar-refractivity contribution >= 4 is 5.97 Å². The van der Waals surface area contributed by atoms with Crippen LogP contribution in [0.4, 0.5) is 13.2 Å². The van der Waals surface area contributed by atoms with Crippen molar-refractivity contribution in [3.05, 3.63) is 28.8 Å². The molecule has 0 aliphatic heterocycles. The van der Waals surface area contributed by atoms with Gasteiger partial charge in [0, 0.05) is 18.3 Å². The molecule has 0 aromatic carbocycles. The third-order valence-electron chi connectivity index (χ3n) is 1.77. The predicted octanol–water partition coefficient (Wildman–Crippen LogP) is 1.32. The Labute approximate surface area is 82.5 Å². The largest absolute Gasteiger partial charge is 0.478 e. The normalized spacial score (nSPS) is 10.7. The number of nitrogens with zero attached hydrogens (tertiary/aromatic N) is 1. The first-order chi connectivity index (χ1) is 6.99. The van der Waals surface area contributed by atoms with Crippen molar-refractivity contribution in [2.24, 2.45) is 5.73 Å². The van der Waals surface area contributed by atoms with E-state index in [9.17, 15) is 18.0 Å². The molecule has 15 heavy (non-hydrogen) atoms. The number of hydrogen-bond acceptors (Lipinski definition) is 3. The highest BCUT2D eigenvalue weighted by molar-refractivity contribution is 5.89. The SMILES string of the molecule is NCc1cnc(C(F)F)c(F)c1C(=O)O. The summed E-state index contributed by atoms with van der Waals surface area (Å²) in [5.74, 6) is -3.17. The van der Waals surface area contributed by atoms with Gasteiger partial charge in [-0.15, -0.1) is 0 Å². The average Bonchev–Trinajstić information content (AvgIpc) is 2.15. The molecule has 0 atom stereocenters. The number of rotatable bonds is 3. The fourth-order valence-corrected chi connectivity index (χ4v) is 1.08. The predicted molar refractivity (Wildman–Crippen MR) is 44.0 cm³/mol. The molecule has 1 aromatic heterocycles. The van der Waals surface area contributed by atoms with E-state index in [-0.39, 0.29) is 12.1 Å². The highest BCUT2D eigenvalue weighted by atomic mass is 19.3. The monoisotopic (exact) mass is 220 g/mol. The van der Waals surface area contributed by atoms with E-state index in [1.54, 1.807) is 0 Å². The summed E-state index contributed by atoms with van der Waals surface area (Å²) in [4.78, 5) is 13.7. The number of halogens is 3. The molecule has 0 saturated heterocycles. The van der Waals surface area contributed by atoms with Crippen molar-refractivity contribution in [1.29, 1.82) is 0 Å². The second-order valence-electron chi connectivity index (χ2n) is 2.67. The number of carboxylic acid groups (broad SMARTS) is 1. The molecule has 1 aromatic rings. The molecule has 1 heterocycles. The van der Waals surface area contributed by atoms with E-state index in [0.29, 0.717) is 0 Å². The summed E-state index contributed by atoms with van der Waals surface area (Å²) in [5, 5.41) is 8.62. The Morgan fingerprint density at radius 2 is 2.20 bits per heavy atom. The Bertz CT molecular complexity index is 396. The number of aromatic carboxylic acids is 1. The fourth-order valence-electron chi connectivity index (χ4n) is 1.08. The van der Waals surface area contributed by atoms with Crippen LogP contribution in [-0.4, -0.2) is 16.1 Å². The van der Waals surface area contributed by atoms with Crippen molar-refractivity contribution in [2.75, 3.05) is 0 Å². The number of carbonyl (C=O) groups is 1. The molecule has 0 saturated carbocycles. The van der Waals surface area contributed by atoms with Gasteiger partial charge in [-0.1, -0.05) is 0 Å². The van der Waals surface area contributed by atoms with Crippen molar-refractivity contribution in [1.82, 2.24) is 4.98 Å². The smallest absolute Gasteiger partial charge is 0.339 e. The number of aromatic nitrogens is 1. The van der Waals surface area contributed by atoms with Gasteiger partial charge in [0.1, 0.15) is 11.3 Å². The molecule has 0 aliphatic rings. The van der Waals surface area contributed by atoms with E-state index in [1.165, 1.54) is 0 Å². The molecule has 0 bridgehead atoms. The molecule has 7 heteroatoms. The average molecular weight is 220 g/mol. The van der Waals surface area contributed by atoms with Gasteiger partial charge in [0.25, 0.3) is 6.43 Å². The minimum atomic E-state index is -3.16. The number of hydrogen-bond donors (Lipinski definition) is 2. The molecule has 0 radical (unpaired) electrons. The summed E-state index contributed by atoms with van der Waals surface area (Å²) in [6, 6.07) is 0. The second kappa shape index (κ2) is 4.26. The Balaban J connectivity index is 3.42. The van der Waals surface area contributed by atoms with Crippen LogP contribution in [0.3, 0.4) is 0 Å². The zero-order valence-corrected chi connectivity index (χ0v) is 7.38.